The number of hydrogen-bond acceptors (Lipinski definition) is 6. The van der Waals surface area contributed by atoms with Crippen molar-refractivity contribution in [2.75, 3.05) is 0 Å². The van der Waals surface area contributed by atoms with Gasteiger partial charge in [-0.1, -0.05) is 37.9 Å². The highest BCUT2D eigenvalue weighted by atomic mass is 79.9. The van der Waals surface area contributed by atoms with Crippen LogP contribution in [0.2, 0.25) is 0 Å². The van der Waals surface area contributed by atoms with Crippen molar-refractivity contribution < 1.29 is 13.2 Å². The van der Waals surface area contributed by atoms with Crippen molar-refractivity contribution in [2.45, 2.75) is 4.90 Å². The van der Waals surface area contributed by atoms with Crippen LogP contribution in [0.1, 0.15) is 5.56 Å². The van der Waals surface area contributed by atoms with Crippen LogP contribution in [0.15, 0.2) is 96.5 Å². The van der Waals surface area contributed by atoms with E-state index in [1.54, 1.807) is 60.7 Å². The van der Waals surface area contributed by atoms with Crippen LogP contribution < -0.4 is 10.3 Å². The number of ether oxygens (including phenoxy) is 1. The minimum absolute atomic E-state index is 0.0808. The summed E-state index contributed by atoms with van der Waals surface area (Å²) in [6, 6.07) is 19.3. The highest BCUT2D eigenvalue weighted by Crippen LogP contribution is 2.28. The molecule has 0 aliphatic heterocycles. The Morgan fingerprint density at radius 1 is 1.00 bits per heavy atom. The van der Waals surface area contributed by atoms with Gasteiger partial charge in [0.25, 0.3) is 5.56 Å². The van der Waals surface area contributed by atoms with Gasteiger partial charge in [-0.3, -0.25) is 9.20 Å². The maximum Gasteiger partial charge on any atom is 0.269 e. The number of sulfone groups is 1. The van der Waals surface area contributed by atoms with Crippen molar-refractivity contribution in [1.29, 1.82) is 5.26 Å². The number of rotatable bonds is 5. The number of fused-ring (bicyclic) bond motifs is 1. The molecule has 0 fully saturated rings. The monoisotopic (exact) mass is 585 g/mol. The van der Waals surface area contributed by atoms with Crippen molar-refractivity contribution >= 4 is 53.4 Å². The third-order valence-electron chi connectivity index (χ3n) is 4.56. The molecule has 0 N–H and O–H groups in total. The van der Waals surface area contributed by atoms with Crippen LogP contribution in [0.25, 0.3) is 11.7 Å². The third-order valence-corrected chi connectivity index (χ3v) is 7.30. The lowest BCUT2D eigenvalue weighted by molar-refractivity contribution is 0.461. The molecule has 4 aromatic rings. The zero-order valence-corrected chi connectivity index (χ0v) is 20.6. The van der Waals surface area contributed by atoms with E-state index in [4.69, 9.17) is 4.74 Å². The van der Waals surface area contributed by atoms with E-state index in [0.29, 0.717) is 15.9 Å². The van der Waals surface area contributed by atoms with Gasteiger partial charge in [0.05, 0.1) is 4.90 Å². The lowest BCUT2D eigenvalue weighted by Crippen LogP contribution is -2.19. The van der Waals surface area contributed by atoms with Crippen molar-refractivity contribution in [3.05, 3.63) is 103 Å². The summed E-state index contributed by atoms with van der Waals surface area (Å²) in [5, 5.41) is 9.67. The van der Waals surface area contributed by atoms with Crippen LogP contribution >= 0.6 is 31.9 Å². The largest absolute Gasteiger partial charge is 0.438 e. The predicted octanol–water partition coefficient (Wildman–Crippen LogP) is 5.35. The average Bonchev–Trinajstić information content (AvgIpc) is 2.80. The standard InChI is InChI=1S/C23H13Br2N3O4S/c24-15-4-8-17(9-5-15)32-22-20(23(29)28-12-2-1-3-21(28)27-22)13-19(14-26)33(30,31)18-10-6-16(25)7-11-18/h1-13H/b19-13+. The maximum atomic E-state index is 13.2. The average molecular weight is 587 g/mol. The van der Waals surface area contributed by atoms with Gasteiger partial charge in [-0.2, -0.15) is 10.2 Å². The SMILES string of the molecule is N#C/C(=C\c1c(Oc2ccc(Br)cc2)nc2ccccn2c1=O)S(=O)(=O)c1ccc(Br)cc1. The highest BCUT2D eigenvalue weighted by Gasteiger charge is 2.23. The van der Waals surface area contributed by atoms with E-state index in [0.717, 1.165) is 10.5 Å². The van der Waals surface area contributed by atoms with Crippen LogP contribution in [0.4, 0.5) is 0 Å². The molecule has 4 rings (SSSR count). The van der Waals surface area contributed by atoms with Crippen LogP contribution in [-0.4, -0.2) is 17.8 Å². The Kier molecular flexibility index (Phi) is 6.47. The molecule has 0 amide bonds. The molecule has 0 unspecified atom stereocenters. The number of halogens is 2. The summed E-state index contributed by atoms with van der Waals surface area (Å²) in [4.78, 5) is 16.9. The molecule has 0 saturated carbocycles. The highest BCUT2D eigenvalue weighted by molar-refractivity contribution is 9.10. The molecular formula is C23H13Br2N3O4S. The summed E-state index contributed by atoms with van der Waals surface area (Å²) in [5.74, 6) is 0.265. The van der Waals surface area contributed by atoms with Crippen molar-refractivity contribution in [2.24, 2.45) is 0 Å². The van der Waals surface area contributed by atoms with Gasteiger partial charge in [-0.05, 0) is 66.7 Å². The zero-order valence-electron chi connectivity index (χ0n) is 16.6. The molecule has 2 aromatic carbocycles. The van der Waals surface area contributed by atoms with Gasteiger partial charge >= 0.3 is 0 Å². The Balaban J connectivity index is 1.92. The van der Waals surface area contributed by atoms with Crippen molar-refractivity contribution in [3.63, 3.8) is 0 Å². The van der Waals surface area contributed by atoms with Crippen LogP contribution in [0.3, 0.4) is 0 Å². The fourth-order valence-corrected chi connectivity index (χ4v) is 4.61. The molecule has 33 heavy (non-hydrogen) atoms. The molecule has 7 nitrogen and oxygen atoms in total. The first-order valence-electron chi connectivity index (χ1n) is 9.37. The molecule has 0 aliphatic carbocycles. The van der Waals surface area contributed by atoms with E-state index in [9.17, 15) is 18.5 Å². The van der Waals surface area contributed by atoms with E-state index < -0.39 is 20.3 Å². The Morgan fingerprint density at radius 2 is 1.64 bits per heavy atom. The van der Waals surface area contributed by atoms with Gasteiger partial charge in [0.15, 0.2) is 0 Å². The zero-order chi connectivity index (χ0) is 23.6. The molecule has 0 saturated heterocycles. The Labute approximate surface area is 205 Å². The van der Waals surface area contributed by atoms with Crippen molar-refractivity contribution in [3.8, 4) is 17.7 Å². The number of aromatic nitrogens is 2. The van der Waals surface area contributed by atoms with Gasteiger partial charge in [0.2, 0.25) is 15.7 Å². The molecule has 0 atom stereocenters. The first kappa shape index (κ1) is 22.9. The van der Waals surface area contributed by atoms with E-state index in [2.05, 4.69) is 36.8 Å². The number of nitriles is 1. The van der Waals surface area contributed by atoms with Gasteiger partial charge < -0.3 is 4.74 Å². The summed E-state index contributed by atoms with van der Waals surface area (Å²) < 4.78 is 34.8. The third kappa shape index (κ3) is 4.75. The van der Waals surface area contributed by atoms with Crippen molar-refractivity contribution in [1.82, 2.24) is 9.38 Å². The number of pyridine rings is 1. The fraction of sp³-hybridized carbons (Fsp3) is 0. The predicted molar refractivity (Wildman–Crippen MR) is 131 cm³/mol. The Hall–Kier alpha value is -3.26. The molecule has 2 aromatic heterocycles. The molecule has 10 heteroatoms. The second kappa shape index (κ2) is 9.31. The summed E-state index contributed by atoms with van der Waals surface area (Å²) in [5.41, 5.74) is -0.439. The summed E-state index contributed by atoms with van der Waals surface area (Å²) in [7, 11) is -4.19. The summed E-state index contributed by atoms with van der Waals surface area (Å²) in [6.07, 6.45) is 2.50. The van der Waals surface area contributed by atoms with Crippen LogP contribution in [0, 0.1) is 11.3 Å². The van der Waals surface area contributed by atoms with E-state index in [-0.39, 0.29) is 16.3 Å². The van der Waals surface area contributed by atoms with E-state index in [1.165, 1.54) is 22.7 Å². The fourth-order valence-electron chi connectivity index (χ4n) is 2.94. The number of benzene rings is 2. The van der Waals surface area contributed by atoms with Gasteiger partial charge in [0.1, 0.15) is 27.9 Å². The minimum Gasteiger partial charge on any atom is -0.438 e. The van der Waals surface area contributed by atoms with E-state index >= 15 is 0 Å². The van der Waals surface area contributed by atoms with Gasteiger partial charge in [0, 0.05) is 15.1 Å². The minimum atomic E-state index is -4.19. The smallest absolute Gasteiger partial charge is 0.269 e. The second-order valence-corrected chi connectivity index (χ2v) is 10.4. The topological polar surface area (TPSA) is 102 Å². The molecular weight excluding hydrogens is 574 g/mol. The first-order valence-corrected chi connectivity index (χ1v) is 12.4. The van der Waals surface area contributed by atoms with Gasteiger partial charge in [-0.25, -0.2) is 8.42 Å². The maximum absolute atomic E-state index is 13.2. The normalized spacial score (nSPS) is 11.8. The second-order valence-electron chi connectivity index (χ2n) is 6.70. The number of allylic oxidation sites excluding steroid dienone is 1. The first-order chi connectivity index (χ1) is 15.8. The van der Waals surface area contributed by atoms with Crippen LogP contribution in [-0.2, 0) is 9.84 Å². The molecule has 2 heterocycles. The van der Waals surface area contributed by atoms with Crippen LogP contribution in [0.5, 0.6) is 11.6 Å². The Bertz CT molecular complexity index is 1590. The molecule has 0 bridgehead atoms. The molecule has 164 valence electrons. The van der Waals surface area contributed by atoms with Gasteiger partial charge in [-0.15, -0.1) is 0 Å². The Morgan fingerprint density at radius 3 is 2.27 bits per heavy atom. The lowest BCUT2D eigenvalue weighted by atomic mass is 10.2. The molecule has 0 aliphatic rings. The lowest BCUT2D eigenvalue weighted by Gasteiger charge is -2.10. The number of hydrogen-bond donors (Lipinski definition) is 0. The van der Waals surface area contributed by atoms with E-state index in [1.807, 2.05) is 0 Å². The number of nitrogens with zero attached hydrogens (tertiary/aromatic N) is 3. The quantitative estimate of drug-likeness (QED) is 0.292. The summed E-state index contributed by atoms with van der Waals surface area (Å²) in [6.45, 7) is 0. The molecule has 0 spiro atoms. The molecule has 0 radical (unpaired) electrons. The summed E-state index contributed by atoms with van der Waals surface area (Å²) >= 11 is 6.59.